The number of benzene rings is 2. The number of rotatable bonds is 6. The van der Waals surface area contributed by atoms with Crippen molar-refractivity contribution in [3.8, 4) is 34.8 Å². The van der Waals surface area contributed by atoms with E-state index in [0.29, 0.717) is 51.9 Å². The Morgan fingerprint density at radius 1 is 1.06 bits per heavy atom. The summed E-state index contributed by atoms with van der Waals surface area (Å²) in [5.41, 5.74) is 4.60. The summed E-state index contributed by atoms with van der Waals surface area (Å²) >= 11 is 1.35. The Bertz CT molecular complexity index is 1780. The number of fused-ring (bicyclic) bond motifs is 9. The molecule has 5 aliphatic heterocycles. The highest BCUT2D eigenvalue weighted by Crippen LogP contribution is 2.62. The minimum Gasteiger partial charge on any atom is -0.493 e. The first-order valence-corrected chi connectivity index (χ1v) is 17.0. The Balaban J connectivity index is 1.52. The maximum Gasteiger partial charge on any atom is 0.348 e. The van der Waals surface area contributed by atoms with Crippen LogP contribution in [0.5, 0.6) is 28.7 Å². The number of nitrogens with one attached hydrogen (secondary N) is 1. The van der Waals surface area contributed by atoms with Crippen molar-refractivity contribution in [1.82, 2.24) is 10.2 Å². The number of hydrogen-bond donors (Lipinski definition) is 1. The summed E-state index contributed by atoms with van der Waals surface area (Å²) in [6.45, 7) is 6.03. The van der Waals surface area contributed by atoms with Crippen LogP contribution in [0, 0.1) is 25.2 Å². The number of esters is 3. The maximum atomic E-state index is 13.4. The van der Waals surface area contributed by atoms with Gasteiger partial charge in [0.2, 0.25) is 12.9 Å². The van der Waals surface area contributed by atoms with E-state index in [1.807, 2.05) is 6.92 Å². The normalized spacial score (nSPS) is 27.9. The van der Waals surface area contributed by atoms with E-state index < -0.39 is 53.4 Å². The highest BCUT2D eigenvalue weighted by Gasteiger charge is 2.59. The van der Waals surface area contributed by atoms with Gasteiger partial charge >= 0.3 is 17.9 Å². The zero-order valence-electron chi connectivity index (χ0n) is 27.9. The van der Waals surface area contributed by atoms with E-state index in [9.17, 15) is 19.6 Å². The molecule has 14 nitrogen and oxygen atoms in total. The fourth-order valence-electron chi connectivity index (χ4n) is 8.08. The van der Waals surface area contributed by atoms with Crippen LogP contribution in [0.25, 0.3) is 0 Å². The number of thioether (sulfide) groups is 1. The molecule has 0 spiro atoms. The monoisotopic (exact) mass is 695 g/mol. The molecule has 260 valence electrons. The summed E-state index contributed by atoms with van der Waals surface area (Å²) in [5.74, 6) is 0.450. The van der Waals surface area contributed by atoms with Gasteiger partial charge < -0.3 is 43.2 Å². The van der Waals surface area contributed by atoms with Gasteiger partial charge in [0, 0.05) is 61.0 Å². The molecule has 2 fully saturated rings. The highest BCUT2D eigenvalue weighted by atomic mass is 32.2. The van der Waals surface area contributed by atoms with Crippen molar-refractivity contribution >= 4 is 29.7 Å². The number of piperazine rings is 1. The van der Waals surface area contributed by atoms with Crippen molar-refractivity contribution < 1.29 is 52.3 Å². The van der Waals surface area contributed by atoms with Crippen LogP contribution in [0.1, 0.15) is 64.6 Å². The van der Waals surface area contributed by atoms with Crippen LogP contribution in [-0.2, 0) is 35.0 Å². The van der Waals surface area contributed by atoms with E-state index in [1.54, 1.807) is 21.1 Å². The average molecular weight is 696 g/mol. The topological polar surface area (TPSA) is 164 Å². The van der Waals surface area contributed by atoms with E-state index >= 15 is 0 Å². The Labute approximate surface area is 287 Å². The number of carbonyl (C=O) groups is 3. The first-order valence-electron chi connectivity index (χ1n) is 15.9. The first-order chi connectivity index (χ1) is 23.6. The number of ether oxygens (including phenoxy) is 8. The van der Waals surface area contributed by atoms with Crippen LogP contribution in [0.4, 0.5) is 0 Å². The van der Waals surface area contributed by atoms with Gasteiger partial charge in [-0.2, -0.15) is 5.26 Å². The van der Waals surface area contributed by atoms with Crippen LogP contribution in [0.3, 0.4) is 0 Å². The van der Waals surface area contributed by atoms with Crippen molar-refractivity contribution in [2.45, 2.75) is 75.7 Å². The number of hydrogen-bond acceptors (Lipinski definition) is 15. The van der Waals surface area contributed by atoms with Gasteiger partial charge in [0.15, 0.2) is 29.8 Å². The van der Waals surface area contributed by atoms with Gasteiger partial charge in [0.05, 0.1) is 30.5 Å². The van der Waals surface area contributed by atoms with Crippen molar-refractivity contribution in [3.63, 3.8) is 0 Å². The first kappa shape index (κ1) is 33.3. The molecule has 0 radical (unpaired) electrons. The summed E-state index contributed by atoms with van der Waals surface area (Å²) in [6, 6.07) is 1.94. The molecule has 1 unspecified atom stereocenters. The Morgan fingerprint density at radius 3 is 2.53 bits per heavy atom. The Morgan fingerprint density at radius 2 is 1.84 bits per heavy atom. The molecule has 49 heavy (non-hydrogen) atoms. The fraction of sp³-hybridized carbons (Fsp3) is 0.529. The van der Waals surface area contributed by atoms with Crippen LogP contribution in [-0.4, -0.2) is 87.2 Å². The van der Waals surface area contributed by atoms with Crippen molar-refractivity contribution in [2.24, 2.45) is 0 Å². The van der Waals surface area contributed by atoms with Crippen molar-refractivity contribution in [3.05, 3.63) is 39.4 Å². The van der Waals surface area contributed by atoms with E-state index in [-0.39, 0.29) is 32.0 Å². The molecule has 5 heterocycles. The smallest absolute Gasteiger partial charge is 0.348 e. The summed E-state index contributed by atoms with van der Waals surface area (Å²) in [7, 11) is 3.13. The van der Waals surface area contributed by atoms with Gasteiger partial charge in [0.1, 0.15) is 18.4 Å². The average Bonchev–Trinajstić information content (AvgIpc) is 3.56. The van der Waals surface area contributed by atoms with Crippen LogP contribution in [0.15, 0.2) is 6.07 Å². The molecule has 5 aliphatic rings. The predicted octanol–water partition coefficient (Wildman–Crippen LogP) is 3.10. The zero-order chi connectivity index (χ0) is 34.7. The number of carbonyl (C=O) groups excluding carboxylic acids is 3. The Kier molecular flexibility index (Phi) is 8.76. The maximum absolute atomic E-state index is 13.4. The zero-order valence-corrected chi connectivity index (χ0v) is 28.8. The van der Waals surface area contributed by atoms with E-state index in [0.717, 1.165) is 16.7 Å². The third-order valence-electron chi connectivity index (χ3n) is 9.72. The van der Waals surface area contributed by atoms with Gasteiger partial charge in [-0.15, -0.1) is 11.8 Å². The van der Waals surface area contributed by atoms with Crippen LogP contribution >= 0.6 is 11.8 Å². The van der Waals surface area contributed by atoms with Crippen LogP contribution < -0.4 is 29.0 Å². The lowest BCUT2D eigenvalue weighted by Gasteiger charge is -2.59. The Hall–Kier alpha value is -4.23. The summed E-state index contributed by atoms with van der Waals surface area (Å²) in [5, 5.41) is 14.1. The van der Waals surface area contributed by atoms with Gasteiger partial charge in [-0.3, -0.25) is 14.5 Å². The molecule has 4 bridgehead atoms. The number of cyclic esters (lactones) is 1. The lowest BCUT2D eigenvalue weighted by atomic mass is 9.72. The van der Waals surface area contributed by atoms with Gasteiger partial charge in [-0.25, -0.2) is 4.79 Å². The molecular weight excluding hydrogens is 658 g/mol. The van der Waals surface area contributed by atoms with Gasteiger partial charge in [0.25, 0.3) is 0 Å². The van der Waals surface area contributed by atoms with E-state index in [4.69, 9.17) is 37.9 Å². The second-order valence-electron chi connectivity index (χ2n) is 12.6. The molecule has 0 amide bonds. The second-order valence-corrected chi connectivity index (χ2v) is 13.8. The number of nitrogens with zero attached hydrogens (tertiary/aromatic N) is 2. The molecule has 0 saturated carbocycles. The van der Waals surface area contributed by atoms with Crippen molar-refractivity contribution in [2.75, 3.05) is 40.2 Å². The molecule has 7 rings (SSSR count). The second kappa shape index (κ2) is 12.9. The van der Waals surface area contributed by atoms with Crippen LogP contribution in [0.2, 0.25) is 0 Å². The molecule has 0 aliphatic carbocycles. The molecule has 2 aromatic rings. The molecule has 0 aromatic heterocycles. The quantitative estimate of drug-likeness (QED) is 0.266. The van der Waals surface area contributed by atoms with E-state index in [2.05, 4.69) is 22.4 Å². The summed E-state index contributed by atoms with van der Waals surface area (Å²) in [6.07, 6.45) is -0.679. The highest BCUT2D eigenvalue weighted by molar-refractivity contribution is 7.99. The predicted molar refractivity (Wildman–Crippen MR) is 172 cm³/mol. The summed E-state index contributed by atoms with van der Waals surface area (Å²) in [4.78, 5) is 40.3. The lowest BCUT2D eigenvalue weighted by molar-refractivity contribution is -0.167. The SMILES string of the molecule is COCOc1c(OC)c(C)cc2c1[C@@H]1N[C@@H](C2)[C@H](C#N)N2C1[C@@H]1SC[C@@H](OC(C)=O)C(=O)OC[C@H]2c2c3c(c(C)c(OC(C)=O)c21)OCO3. The minimum atomic E-state index is -1.19. The number of methoxy groups -OCH3 is 2. The fourth-order valence-corrected chi connectivity index (χ4v) is 9.56. The van der Waals surface area contributed by atoms with Crippen molar-refractivity contribution in [1.29, 1.82) is 5.26 Å². The molecular formula is C34H37N3O11S. The molecule has 2 aromatic carbocycles. The molecule has 15 heteroatoms. The van der Waals surface area contributed by atoms with Gasteiger partial charge in [-0.05, 0) is 31.4 Å². The number of nitriles is 1. The third-order valence-corrected chi connectivity index (χ3v) is 11.1. The molecule has 7 atom stereocenters. The third kappa shape index (κ3) is 5.32. The largest absolute Gasteiger partial charge is 0.493 e. The standard InChI is InChI=1S/C34H37N3O11S/c1-14-7-18-8-19-20(9-35)37-21-10-43-34(40)22(47-16(3)38)11-49-33(27(37)26(36-19)23(18)31(28(14)42-6)44-12-41-5)25-24(21)32-30(45-13-46-32)15(2)29(25)48-17(4)39/h7,19-22,26-27,33,36H,8,10-13H2,1-6H3/t19-,20-,21-,22+,26-,27?,33+/m0/s1. The van der Waals surface area contributed by atoms with Gasteiger partial charge in [-0.1, -0.05) is 6.07 Å². The minimum absolute atomic E-state index is 0.0228. The van der Waals surface area contributed by atoms with E-state index in [1.165, 1.54) is 25.6 Å². The lowest BCUT2D eigenvalue weighted by Crippen LogP contribution is -2.69. The molecule has 1 N–H and O–H groups in total. The summed E-state index contributed by atoms with van der Waals surface area (Å²) < 4.78 is 46.8. The number of aryl methyl sites for hydroxylation is 1. The molecule has 2 saturated heterocycles.